The molecule has 0 N–H and O–H groups in total. The molecule has 0 aliphatic carbocycles. The summed E-state index contributed by atoms with van der Waals surface area (Å²) in [7, 11) is 4.13. The Kier molecular flexibility index (Phi) is 26.0. The van der Waals surface area contributed by atoms with Gasteiger partial charge in [-0.1, -0.05) is 189 Å². The summed E-state index contributed by atoms with van der Waals surface area (Å²) in [5.74, 6) is 6.95. The normalized spacial score (nSPS) is 11.8. The number of rotatable bonds is 15. The summed E-state index contributed by atoms with van der Waals surface area (Å²) in [6.45, 7) is 33.2. The zero-order valence-electron chi connectivity index (χ0n) is 84.5. The molecule has 24 aromatic rings. The zero-order chi connectivity index (χ0) is 98.6. The number of nitrogens with zero attached hydrogens (tertiary/aromatic N) is 12. The van der Waals surface area contributed by atoms with Crippen LogP contribution < -0.4 is 42.8 Å². The molecule has 720 valence electrons. The van der Waals surface area contributed by atoms with Gasteiger partial charge < -0.3 is 42.8 Å². The minimum atomic E-state index is -0.0209. The third-order valence-corrected chi connectivity index (χ3v) is 27.9. The Balaban J connectivity index is 0.000000132. The van der Waals surface area contributed by atoms with Crippen LogP contribution in [0.15, 0.2) is 371 Å². The molecule has 0 amide bonds. The van der Waals surface area contributed by atoms with E-state index in [0.717, 1.165) is 140 Å². The Labute approximate surface area is 877 Å². The standard InChI is InChI=1S/C43H39N4O.C43H37N4O.C42H36N4O.HI.Pt/c2*1-28-11-9-12-29(2)42(28)30-17-20-37-36(23-30)35-19-18-34(26-40(35)47(37)41-24-31(21-22-44-41)43(3,4)5)48-33-14-10-13-32(25-33)46-27-45(6)38-15-7-8-16-39(38)46;1-27-10-8-11-28(2)41(27)29-16-19-37-35(22-29)34-18-17-33(25-39(34)46(37)40-23-30(20-21-43-40)42(3,4)5)47-32-13-9-12-31(24-32)45-26-44-36-14-6-7-15-38(36)45;;/h7-27H,1-6H3;7-24,27H,1-6H3;6-26H,1-5H3;1H;/q+1;-1;;;/p-1. The van der Waals surface area contributed by atoms with Gasteiger partial charge in [0, 0.05) is 127 Å². The summed E-state index contributed by atoms with van der Waals surface area (Å²) in [4.78, 5) is 19.3. The first-order valence-corrected chi connectivity index (χ1v) is 48.9. The molecular formula is C128H112IN12O3Pt-. The zero-order valence-corrected chi connectivity index (χ0v) is 88.9. The summed E-state index contributed by atoms with van der Waals surface area (Å²) in [5, 5.41) is 6.93. The SMILES string of the molecule is Cc1cccc(C)c1-c1ccc2c(c1)c1ccc(Oc3[c-]c(-n4[cH+]n(C)c5ccccc54)ccc3)[c-]c1n2-c1cc(C(C)(C)C)ccn1.Cc1cccc(C)c1-c1ccc2c(c1)c1ccc(Oc3cccc(-n4c[n+](C)c5ccccc54)c3)cc1n2-c1cc(C(C)(C)C)ccn1.Cc1cccc(C)c1-c1ccc2c(c1)c1ccc(Oc3cccc(-n4cnc5ccccc54)c3)cc1n2-c1cc(C(C)(C)C)ccn1.[I-].[Pt]. The second-order valence-corrected chi connectivity index (χ2v) is 40.9. The van der Waals surface area contributed by atoms with Crippen LogP contribution >= 0.6 is 0 Å². The molecule has 0 radical (unpaired) electrons. The van der Waals surface area contributed by atoms with Gasteiger partial charge in [-0.05, 0) is 298 Å². The molecule has 9 heterocycles. The van der Waals surface area contributed by atoms with Crippen LogP contribution in [-0.4, -0.2) is 51.9 Å². The van der Waals surface area contributed by atoms with E-state index in [2.05, 4.69) is 451 Å². The van der Waals surface area contributed by atoms with Crippen LogP contribution in [0.1, 0.15) is 112 Å². The van der Waals surface area contributed by atoms with Crippen LogP contribution in [-0.2, 0) is 51.4 Å². The van der Waals surface area contributed by atoms with Crippen molar-refractivity contribution in [1.82, 2.24) is 51.9 Å². The molecule has 15 nitrogen and oxygen atoms in total. The van der Waals surface area contributed by atoms with Crippen molar-refractivity contribution in [3.8, 4) is 102 Å². The molecule has 0 aliphatic rings. The number of pyridine rings is 3. The average molecular weight is 2190 g/mol. The van der Waals surface area contributed by atoms with Gasteiger partial charge in [0.15, 0.2) is 28.4 Å². The molecule has 0 bridgehead atoms. The maximum absolute atomic E-state index is 6.60. The number of aryl methyl sites for hydroxylation is 8. The molecule has 9 aromatic heterocycles. The first kappa shape index (κ1) is 96.9. The van der Waals surface area contributed by atoms with Crippen LogP contribution in [0.3, 0.4) is 0 Å². The number of fused-ring (bicyclic) bond motifs is 12. The smallest absolute Gasteiger partial charge is 0.249 e. The van der Waals surface area contributed by atoms with E-state index in [9.17, 15) is 0 Å². The van der Waals surface area contributed by atoms with Gasteiger partial charge in [-0.3, -0.25) is 13.7 Å². The Morgan fingerprint density at radius 2 is 0.724 bits per heavy atom. The van der Waals surface area contributed by atoms with Gasteiger partial charge in [0.05, 0.1) is 45.8 Å². The number of imidazole rings is 3. The molecule has 0 fully saturated rings. The molecule has 145 heavy (non-hydrogen) atoms. The molecule has 0 saturated carbocycles. The third-order valence-electron chi connectivity index (χ3n) is 27.9. The van der Waals surface area contributed by atoms with E-state index in [1.807, 2.05) is 91.6 Å². The number of ether oxygens (including phenoxy) is 3. The maximum atomic E-state index is 6.60. The average Bonchev–Trinajstić information content (AvgIpc) is 1.59. The predicted octanol–water partition coefficient (Wildman–Crippen LogP) is 28.9. The Morgan fingerprint density at radius 3 is 1.22 bits per heavy atom. The number of benzene rings is 15. The van der Waals surface area contributed by atoms with Crippen LogP contribution in [0.25, 0.3) is 166 Å². The van der Waals surface area contributed by atoms with Gasteiger partial charge in [-0.25, -0.2) is 33.6 Å². The van der Waals surface area contributed by atoms with Gasteiger partial charge in [-0.2, -0.15) is 16.7 Å². The predicted molar refractivity (Wildman–Crippen MR) is 587 cm³/mol. The minimum absolute atomic E-state index is 0. The van der Waals surface area contributed by atoms with E-state index in [0.29, 0.717) is 11.5 Å². The van der Waals surface area contributed by atoms with Crippen LogP contribution in [0.2, 0.25) is 0 Å². The summed E-state index contributed by atoms with van der Waals surface area (Å²) in [6.07, 6.45) is 11.8. The third kappa shape index (κ3) is 18.6. The van der Waals surface area contributed by atoms with Crippen LogP contribution in [0.4, 0.5) is 0 Å². The van der Waals surface area contributed by atoms with Crippen molar-refractivity contribution in [3.63, 3.8) is 0 Å². The van der Waals surface area contributed by atoms with Gasteiger partial charge in [0.25, 0.3) is 0 Å². The van der Waals surface area contributed by atoms with Crippen molar-refractivity contribution in [3.05, 3.63) is 433 Å². The number of para-hydroxylation sites is 6. The van der Waals surface area contributed by atoms with Crippen molar-refractivity contribution in [2.45, 2.75) is 120 Å². The van der Waals surface area contributed by atoms with Crippen LogP contribution in [0.5, 0.6) is 34.5 Å². The molecule has 15 aromatic carbocycles. The molecule has 0 aliphatic heterocycles. The monoisotopic (exact) mass is 2190 g/mol. The number of hydrogen-bond donors (Lipinski definition) is 0. The fraction of sp³-hybridized carbons (Fsp3) is 0.156. The molecule has 0 atom stereocenters. The number of aromatic nitrogens is 12. The van der Waals surface area contributed by atoms with Crippen molar-refractivity contribution in [2.75, 3.05) is 0 Å². The fourth-order valence-electron chi connectivity index (χ4n) is 20.7. The minimum Gasteiger partial charge on any atom is -1.00 e. The molecule has 0 spiro atoms. The van der Waals surface area contributed by atoms with Gasteiger partial charge >= 0.3 is 0 Å². The van der Waals surface area contributed by atoms with Gasteiger partial charge in [0.2, 0.25) is 6.33 Å². The second-order valence-electron chi connectivity index (χ2n) is 40.9. The van der Waals surface area contributed by atoms with Crippen LogP contribution in [0, 0.1) is 53.7 Å². The van der Waals surface area contributed by atoms with Crippen molar-refractivity contribution >= 4 is 98.5 Å². The van der Waals surface area contributed by atoms with E-state index in [-0.39, 0.29) is 61.3 Å². The van der Waals surface area contributed by atoms with Crippen molar-refractivity contribution in [2.24, 2.45) is 14.1 Å². The quantitative estimate of drug-likeness (QED) is 0.0570. The van der Waals surface area contributed by atoms with E-state index in [1.54, 1.807) is 0 Å². The van der Waals surface area contributed by atoms with E-state index in [1.165, 1.54) is 99.7 Å². The van der Waals surface area contributed by atoms with Gasteiger partial charge in [0.1, 0.15) is 52.5 Å². The van der Waals surface area contributed by atoms with Crippen molar-refractivity contribution in [1.29, 1.82) is 0 Å². The summed E-state index contributed by atoms with van der Waals surface area (Å²) < 4.78 is 37.1. The molecule has 0 unspecified atom stereocenters. The van der Waals surface area contributed by atoms with Crippen molar-refractivity contribution < 1.29 is 63.8 Å². The Bertz CT molecular complexity index is 8750. The number of hydrogen-bond acceptors (Lipinski definition) is 7. The summed E-state index contributed by atoms with van der Waals surface area (Å²) in [5.41, 5.74) is 34.6. The Morgan fingerprint density at radius 1 is 0.317 bits per heavy atom. The molecule has 24 rings (SSSR count). The maximum Gasteiger partial charge on any atom is 0.249 e. The number of halogens is 1. The second kappa shape index (κ2) is 38.9. The summed E-state index contributed by atoms with van der Waals surface area (Å²) in [6, 6.07) is 124. The van der Waals surface area contributed by atoms with Gasteiger partial charge in [-0.15, -0.1) is 29.7 Å². The van der Waals surface area contributed by atoms with E-state index < -0.39 is 0 Å². The summed E-state index contributed by atoms with van der Waals surface area (Å²) >= 11 is 0. The first-order valence-electron chi connectivity index (χ1n) is 48.9. The fourth-order valence-corrected chi connectivity index (χ4v) is 20.7. The van der Waals surface area contributed by atoms with E-state index >= 15 is 0 Å². The Hall–Kier alpha value is -15.6. The molecule has 17 heteroatoms. The largest absolute Gasteiger partial charge is 1.00 e. The molecular weight excluding hydrogens is 2080 g/mol. The topological polar surface area (TPSA) is 118 Å². The first-order chi connectivity index (χ1) is 69.0. The molecule has 0 saturated heterocycles. The van der Waals surface area contributed by atoms with E-state index in [4.69, 9.17) is 29.2 Å².